The maximum atomic E-state index is 9.49. The molecule has 2 rings (SSSR count). The highest BCUT2D eigenvalue weighted by Gasteiger charge is 2.26. The van der Waals surface area contributed by atoms with E-state index in [0.29, 0.717) is 5.25 Å². The van der Waals surface area contributed by atoms with Gasteiger partial charge in [-0.1, -0.05) is 39.0 Å². The van der Waals surface area contributed by atoms with Gasteiger partial charge in [0.05, 0.1) is 17.2 Å². The molecular weight excluding hydrogens is 264 g/mol. The van der Waals surface area contributed by atoms with Crippen molar-refractivity contribution < 1.29 is 5.11 Å². The lowest BCUT2D eigenvalue weighted by Gasteiger charge is -2.30. The van der Waals surface area contributed by atoms with Crippen molar-refractivity contribution in [2.75, 3.05) is 23.7 Å². The summed E-state index contributed by atoms with van der Waals surface area (Å²) in [6, 6.07) is 0. The Bertz CT molecular complexity index is 412. The van der Waals surface area contributed by atoms with Crippen LogP contribution in [0.1, 0.15) is 38.3 Å². The summed E-state index contributed by atoms with van der Waals surface area (Å²) in [5.74, 6) is 1.17. The van der Waals surface area contributed by atoms with E-state index in [-0.39, 0.29) is 12.0 Å². The van der Waals surface area contributed by atoms with Crippen LogP contribution in [0.3, 0.4) is 0 Å². The molecule has 102 valence electrons. The smallest absolute Gasteiger partial charge is 0.185 e. The summed E-state index contributed by atoms with van der Waals surface area (Å²) in [7, 11) is 0. The van der Waals surface area contributed by atoms with Gasteiger partial charge in [0.25, 0.3) is 0 Å². The van der Waals surface area contributed by atoms with E-state index < -0.39 is 0 Å². The fourth-order valence-electron chi connectivity index (χ4n) is 2.16. The second-order valence-electron chi connectivity index (χ2n) is 5.80. The van der Waals surface area contributed by atoms with Gasteiger partial charge >= 0.3 is 0 Å². The molecule has 1 fully saturated rings. The first kappa shape index (κ1) is 14.2. The van der Waals surface area contributed by atoms with Gasteiger partial charge in [0.1, 0.15) is 0 Å². The highest BCUT2D eigenvalue weighted by atomic mass is 32.2. The summed E-state index contributed by atoms with van der Waals surface area (Å²) in [5.41, 5.74) is 1.05. The normalized spacial score (nSPS) is 21.4. The van der Waals surface area contributed by atoms with E-state index >= 15 is 0 Å². The molecule has 0 aliphatic carbocycles. The van der Waals surface area contributed by atoms with Crippen LogP contribution in [0.2, 0.25) is 0 Å². The second kappa shape index (κ2) is 5.39. The van der Waals surface area contributed by atoms with Crippen LogP contribution in [0.4, 0.5) is 5.13 Å². The monoisotopic (exact) mass is 286 g/mol. The van der Waals surface area contributed by atoms with E-state index in [4.69, 9.17) is 4.98 Å². The van der Waals surface area contributed by atoms with Gasteiger partial charge in [0.2, 0.25) is 0 Å². The summed E-state index contributed by atoms with van der Waals surface area (Å²) in [4.78, 5) is 8.16. The van der Waals surface area contributed by atoms with Crippen molar-refractivity contribution in [1.82, 2.24) is 4.98 Å². The molecule has 1 aromatic heterocycles. The zero-order valence-electron chi connectivity index (χ0n) is 11.6. The summed E-state index contributed by atoms with van der Waals surface area (Å²) in [6.07, 6.45) is 0. The molecule has 1 saturated heterocycles. The van der Waals surface area contributed by atoms with Crippen molar-refractivity contribution in [2.24, 2.45) is 0 Å². The van der Waals surface area contributed by atoms with Gasteiger partial charge in [-0.25, -0.2) is 4.98 Å². The van der Waals surface area contributed by atoms with Gasteiger partial charge < -0.3 is 10.0 Å². The van der Waals surface area contributed by atoms with Crippen molar-refractivity contribution in [3.63, 3.8) is 0 Å². The predicted molar refractivity (Wildman–Crippen MR) is 80.9 cm³/mol. The van der Waals surface area contributed by atoms with Gasteiger partial charge in [-0.3, -0.25) is 0 Å². The van der Waals surface area contributed by atoms with Crippen LogP contribution in [-0.2, 0) is 12.0 Å². The number of hydrogen-bond donors (Lipinski definition) is 1. The SMILES string of the molecule is CC1CN(c2nc(C(C)(C)C)c(CO)s2)CCS1. The quantitative estimate of drug-likeness (QED) is 0.907. The molecule has 18 heavy (non-hydrogen) atoms. The third kappa shape index (κ3) is 3.00. The van der Waals surface area contributed by atoms with Crippen LogP contribution in [-0.4, -0.2) is 34.2 Å². The Morgan fingerprint density at radius 1 is 1.44 bits per heavy atom. The van der Waals surface area contributed by atoms with Gasteiger partial charge in [-0.2, -0.15) is 11.8 Å². The molecule has 1 aliphatic heterocycles. The molecule has 0 amide bonds. The molecule has 0 spiro atoms. The lowest BCUT2D eigenvalue weighted by atomic mass is 9.91. The number of hydrogen-bond acceptors (Lipinski definition) is 5. The first-order chi connectivity index (χ1) is 8.41. The number of anilines is 1. The van der Waals surface area contributed by atoms with Crippen LogP contribution in [0.25, 0.3) is 0 Å². The van der Waals surface area contributed by atoms with Crippen LogP contribution in [0.15, 0.2) is 0 Å². The van der Waals surface area contributed by atoms with Crippen LogP contribution < -0.4 is 4.90 Å². The maximum absolute atomic E-state index is 9.49. The molecule has 3 nitrogen and oxygen atoms in total. The number of aromatic nitrogens is 1. The highest BCUT2D eigenvalue weighted by Crippen LogP contribution is 2.35. The first-order valence-corrected chi connectivity index (χ1v) is 8.26. The fraction of sp³-hybridized carbons (Fsp3) is 0.769. The summed E-state index contributed by atoms with van der Waals surface area (Å²) in [6.45, 7) is 11.0. The molecular formula is C13H22N2OS2. The first-order valence-electron chi connectivity index (χ1n) is 6.39. The van der Waals surface area contributed by atoms with Crippen LogP contribution in [0, 0.1) is 0 Å². The molecule has 1 aromatic rings. The molecule has 0 radical (unpaired) electrons. The van der Waals surface area contributed by atoms with Gasteiger partial charge in [-0.05, 0) is 0 Å². The molecule has 5 heteroatoms. The van der Waals surface area contributed by atoms with E-state index in [2.05, 4.69) is 32.6 Å². The minimum absolute atomic E-state index is 0.00294. The van der Waals surface area contributed by atoms with Crippen molar-refractivity contribution in [3.8, 4) is 0 Å². The number of nitrogens with zero attached hydrogens (tertiary/aromatic N) is 2. The topological polar surface area (TPSA) is 36.4 Å². The molecule has 0 aromatic carbocycles. The summed E-state index contributed by atoms with van der Waals surface area (Å²) < 4.78 is 0. The number of thiazole rings is 1. The fourth-order valence-corrected chi connectivity index (χ4v) is 4.34. The van der Waals surface area contributed by atoms with Gasteiger partial charge in [-0.15, -0.1) is 0 Å². The number of aliphatic hydroxyl groups is 1. The molecule has 1 atom stereocenters. The van der Waals surface area contributed by atoms with E-state index in [1.54, 1.807) is 11.3 Å². The summed E-state index contributed by atoms with van der Waals surface area (Å²) in [5, 5.41) is 11.2. The van der Waals surface area contributed by atoms with Crippen LogP contribution >= 0.6 is 23.1 Å². The Morgan fingerprint density at radius 2 is 2.17 bits per heavy atom. The zero-order valence-corrected chi connectivity index (χ0v) is 13.2. The van der Waals surface area contributed by atoms with E-state index in [1.165, 1.54) is 5.75 Å². The molecule has 1 N–H and O–H groups in total. The van der Waals surface area contributed by atoms with E-state index in [9.17, 15) is 5.11 Å². The average Bonchev–Trinajstić information content (AvgIpc) is 2.72. The number of rotatable bonds is 2. The Balaban J connectivity index is 2.26. The number of aliphatic hydroxyl groups excluding tert-OH is 1. The summed E-state index contributed by atoms with van der Waals surface area (Å²) >= 11 is 3.68. The van der Waals surface area contributed by atoms with E-state index in [0.717, 1.165) is 28.8 Å². The Hall–Kier alpha value is -0.260. The lowest BCUT2D eigenvalue weighted by molar-refractivity contribution is 0.282. The molecule has 0 bridgehead atoms. The Labute approximate surface area is 118 Å². The Morgan fingerprint density at radius 3 is 2.67 bits per heavy atom. The molecule has 1 aliphatic rings. The Kier molecular flexibility index (Phi) is 4.24. The average molecular weight is 286 g/mol. The zero-order chi connectivity index (χ0) is 13.3. The second-order valence-corrected chi connectivity index (χ2v) is 8.41. The predicted octanol–water partition coefficient (Wildman–Crippen LogP) is 2.87. The van der Waals surface area contributed by atoms with Crippen LogP contribution in [0.5, 0.6) is 0 Å². The lowest BCUT2D eigenvalue weighted by Crippen LogP contribution is -2.36. The standard InChI is InChI=1S/C13H22N2OS2/c1-9-7-15(5-6-17-9)12-14-11(13(2,3)4)10(8-16)18-12/h9,16H,5-8H2,1-4H3. The molecule has 2 heterocycles. The van der Waals surface area contributed by atoms with Crippen molar-refractivity contribution in [2.45, 2.75) is 45.0 Å². The van der Waals surface area contributed by atoms with E-state index in [1.807, 2.05) is 11.8 Å². The van der Waals surface area contributed by atoms with Crippen molar-refractivity contribution >= 4 is 28.2 Å². The largest absolute Gasteiger partial charge is 0.391 e. The third-order valence-electron chi connectivity index (χ3n) is 3.05. The minimum Gasteiger partial charge on any atom is -0.391 e. The van der Waals surface area contributed by atoms with Crippen molar-refractivity contribution in [3.05, 3.63) is 10.6 Å². The number of thioether (sulfide) groups is 1. The van der Waals surface area contributed by atoms with Gasteiger partial charge in [0, 0.05) is 29.5 Å². The van der Waals surface area contributed by atoms with Crippen molar-refractivity contribution in [1.29, 1.82) is 0 Å². The maximum Gasteiger partial charge on any atom is 0.185 e. The molecule has 0 saturated carbocycles. The third-order valence-corrected chi connectivity index (χ3v) is 5.29. The highest BCUT2D eigenvalue weighted by molar-refractivity contribution is 8.00. The van der Waals surface area contributed by atoms with Gasteiger partial charge in [0.15, 0.2) is 5.13 Å². The minimum atomic E-state index is 0.00294. The molecule has 1 unspecified atom stereocenters.